The highest BCUT2D eigenvalue weighted by atomic mass is 31.0. The van der Waals surface area contributed by atoms with E-state index in [0.717, 1.165) is 10.8 Å². The van der Waals surface area contributed by atoms with E-state index in [4.69, 9.17) is 7.85 Å². The summed E-state index contributed by atoms with van der Waals surface area (Å²) in [5.41, 5.74) is 2.18. The van der Waals surface area contributed by atoms with Gasteiger partial charge >= 0.3 is 0 Å². The van der Waals surface area contributed by atoms with E-state index in [1.54, 1.807) is 0 Å². The zero-order chi connectivity index (χ0) is 8.43. The van der Waals surface area contributed by atoms with Gasteiger partial charge in [-0.1, -0.05) is 37.5 Å². The van der Waals surface area contributed by atoms with E-state index in [1.165, 1.54) is 5.56 Å². The number of rotatable bonds is 1. The third kappa shape index (κ3) is 2.07. The van der Waals surface area contributed by atoms with Crippen molar-refractivity contribution >= 4 is 27.9 Å². The van der Waals surface area contributed by atoms with Crippen LogP contribution in [0.25, 0.3) is 0 Å². The summed E-state index contributed by atoms with van der Waals surface area (Å²) in [7, 11) is 8.31. The molecule has 0 saturated heterocycles. The molecule has 11 heavy (non-hydrogen) atoms. The van der Waals surface area contributed by atoms with Gasteiger partial charge in [0.15, 0.2) is 0 Å². The number of benzene rings is 1. The Kier molecular flexibility index (Phi) is 2.73. The van der Waals surface area contributed by atoms with Crippen LogP contribution in [0.15, 0.2) is 18.2 Å². The van der Waals surface area contributed by atoms with Gasteiger partial charge in [0.2, 0.25) is 0 Å². The van der Waals surface area contributed by atoms with Crippen LogP contribution in [-0.4, -0.2) is 7.85 Å². The Morgan fingerprint density at radius 2 is 2.00 bits per heavy atom. The van der Waals surface area contributed by atoms with Crippen LogP contribution in [0, 0.1) is 0 Å². The fraction of sp³-hybridized carbons (Fsp3) is 0.333. The van der Waals surface area contributed by atoms with Gasteiger partial charge in [0.25, 0.3) is 0 Å². The summed E-state index contributed by atoms with van der Waals surface area (Å²) >= 11 is 0. The van der Waals surface area contributed by atoms with Crippen LogP contribution in [-0.2, 0) is 0 Å². The van der Waals surface area contributed by atoms with Gasteiger partial charge < -0.3 is 0 Å². The van der Waals surface area contributed by atoms with Gasteiger partial charge in [-0.25, -0.2) is 0 Å². The minimum absolute atomic E-state index is 0.579. The fourth-order valence-corrected chi connectivity index (χ4v) is 1.24. The molecule has 1 unspecified atom stereocenters. The maximum atomic E-state index is 5.67. The number of hydrogen-bond acceptors (Lipinski definition) is 0. The highest BCUT2D eigenvalue weighted by Gasteiger charge is 1.99. The van der Waals surface area contributed by atoms with Gasteiger partial charge in [0.05, 0.1) is 0 Å². The van der Waals surface area contributed by atoms with Crippen molar-refractivity contribution in [1.82, 2.24) is 0 Å². The third-order valence-corrected chi connectivity index (χ3v) is 2.28. The monoisotopic (exact) mass is 162 g/mol. The van der Waals surface area contributed by atoms with E-state index in [1.807, 2.05) is 6.07 Å². The van der Waals surface area contributed by atoms with E-state index in [9.17, 15) is 0 Å². The lowest BCUT2D eigenvalue weighted by molar-refractivity contribution is 0.868. The zero-order valence-electron chi connectivity index (χ0n) is 6.96. The zero-order valence-corrected chi connectivity index (χ0v) is 8.12. The molecule has 56 valence electrons. The molecule has 1 atom stereocenters. The van der Waals surface area contributed by atoms with Crippen LogP contribution in [0.1, 0.15) is 25.3 Å². The largest absolute Gasteiger partial charge is 0.114 e. The van der Waals surface area contributed by atoms with Crippen molar-refractivity contribution in [3.05, 3.63) is 23.8 Å². The average molecular weight is 162 g/mol. The van der Waals surface area contributed by atoms with Crippen molar-refractivity contribution in [3.8, 4) is 0 Å². The quantitative estimate of drug-likeness (QED) is 0.428. The van der Waals surface area contributed by atoms with Crippen LogP contribution in [0.3, 0.4) is 0 Å². The summed E-state index contributed by atoms with van der Waals surface area (Å²) in [5, 5.41) is 1.09. The number of hydrogen-bond donors (Lipinski definition) is 0. The maximum Gasteiger partial charge on any atom is 0.114 e. The summed E-state index contributed by atoms with van der Waals surface area (Å²) in [5.74, 6) is 0.579. The average Bonchev–Trinajstić information content (AvgIpc) is 1.94. The summed E-state index contributed by atoms with van der Waals surface area (Å²) < 4.78 is 0. The molecule has 2 radical (unpaired) electrons. The Morgan fingerprint density at radius 3 is 2.45 bits per heavy atom. The first-order valence-electron chi connectivity index (χ1n) is 3.76. The molecule has 0 fully saturated rings. The molecule has 1 rings (SSSR count). The van der Waals surface area contributed by atoms with E-state index in [-0.39, 0.29) is 0 Å². The summed E-state index contributed by atoms with van der Waals surface area (Å²) in [6.07, 6.45) is 0. The topological polar surface area (TPSA) is 0 Å². The molecule has 0 nitrogen and oxygen atoms in total. The lowest BCUT2D eigenvalue weighted by Crippen LogP contribution is -2.19. The predicted octanol–water partition coefficient (Wildman–Crippen LogP) is 1.10. The van der Waals surface area contributed by atoms with Gasteiger partial charge in [0.1, 0.15) is 7.85 Å². The molecule has 0 heterocycles. The Bertz CT molecular complexity index is 256. The Morgan fingerprint density at radius 1 is 1.36 bits per heavy atom. The van der Waals surface area contributed by atoms with Crippen LogP contribution in [0.5, 0.6) is 0 Å². The van der Waals surface area contributed by atoms with Gasteiger partial charge in [-0.15, -0.1) is 9.24 Å². The second-order valence-corrected chi connectivity index (χ2v) is 3.67. The van der Waals surface area contributed by atoms with Crippen molar-refractivity contribution < 1.29 is 0 Å². The van der Waals surface area contributed by atoms with Gasteiger partial charge in [-0.05, 0) is 16.8 Å². The van der Waals surface area contributed by atoms with E-state index < -0.39 is 0 Å². The molecule has 0 bridgehead atoms. The van der Waals surface area contributed by atoms with Gasteiger partial charge in [-0.3, -0.25) is 0 Å². The molecule has 0 aliphatic rings. The standard InChI is InChI=1S/C9H12BP/c1-6(2)7-3-4-8(10)9(11)5-7/h3-6H,11H2,1-2H3. The van der Waals surface area contributed by atoms with Crippen molar-refractivity contribution in [3.63, 3.8) is 0 Å². The minimum atomic E-state index is 0.579. The first-order chi connectivity index (χ1) is 5.11. The summed E-state index contributed by atoms with van der Waals surface area (Å²) in [6, 6.07) is 6.15. The van der Waals surface area contributed by atoms with Crippen LogP contribution in [0.4, 0.5) is 0 Å². The molecular formula is C9H12BP. The molecule has 1 aromatic rings. The molecule has 0 amide bonds. The van der Waals surface area contributed by atoms with E-state index >= 15 is 0 Å². The highest BCUT2D eigenvalue weighted by molar-refractivity contribution is 7.28. The SMILES string of the molecule is [B]c1ccc(C(C)C)cc1P. The van der Waals surface area contributed by atoms with Crippen molar-refractivity contribution in [2.24, 2.45) is 0 Å². The predicted molar refractivity (Wildman–Crippen MR) is 55.3 cm³/mol. The first kappa shape index (κ1) is 8.81. The molecule has 0 saturated carbocycles. The van der Waals surface area contributed by atoms with Crippen molar-refractivity contribution in [1.29, 1.82) is 0 Å². The summed E-state index contributed by atoms with van der Waals surface area (Å²) in [6.45, 7) is 4.35. The molecule has 0 aliphatic heterocycles. The lowest BCUT2D eigenvalue weighted by atomic mass is 9.92. The first-order valence-corrected chi connectivity index (χ1v) is 4.34. The Balaban J connectivity index is 3.05. The molecule has 0 spiro atoms. The van der Waals surface area contributed by atoms with Gasteiger partial charge in [0, 0.05) is 0 Å². The van der Waals surface area contributed by atoms with Crippen LogP contribution >= 0.6 is 9.24 Å². The van der Waals surface area contributed by atoms with Crippen molar-refractivity contribution in [2.45, 2.75) is 19.8 Å². The maximum absolute atomic E-state index is 5.67. The molecular weight excluding hydrogens is 150 g/mol. The highest BCUT2D eigenvalue weighted by Crippen LogP contribution is 2.11. The second kappa shape index (κ2) is 3.41. The smallest absolute Gasteiger partial charge is 0.106 e. The summed E-state index contributed by atoms with van der Waals surface area (Å²) in [4.78, 5) is 0. The molecule has 2 heteroatoms. The molecule has 0 N–H and O–H groups in total. The van der Waals surface area contributed by atoms with Crippen LogP contribution < -0.4 is 10.8 Å². The lowest BCUT2D eigenvalue weighted by Gasteiger charge is -2.07. The Labute approximate surface area is 72.0 Å². The van der Waals surface area contributed by atoms with E-state index in [2.05, 4.69) is 35.2 Å². The third-order valence-electron chi connectivity index (χ3n) is 1.78. The van der Waals surface area contributed by atoms with Gasteiger partial charge in [-0.2, -0.15) is 0 Å². The van der Waals surface area contributed by atoms with E-state index in [0.29, 0.717) is 5.92 Å². The van der Waals surface area contributed by atoms with Crippen molar-refractivity contribution in [2.75, 3.05) is 0 Å². The molecule has 0 aromatic heterocycles. The molecule has 1 aromatic carbocycles. The minimum Gasteiger partial charge on any atom is -0.106 e. The normalized spacial score (nSPS) is 10.5. The fourth-order valence-electron chi connectivity index (χ4n) is 0.952. The molecule has 0 aliphatic carbocycles. The second-order valence-electron chi connectivity index (χ2n) is 3.04. The van der Waals surface area contributed by atoms with Crippen LogP contribution in [0.2, 0.25) is 0 Å². The Hall–Kier alpha value is -0.285.